The Morgan fingerprint density at radius 3 is 1.88 bits per heavy atom. The van der Waals surface area contributed by atoms with Gasteiger partial charge in [-0.2, -0.15) is 12.6 Å². The van der Waals surface area contributed by atoms with Gasteiger partial charge in [0.1, 0.15) is 18.1 Å². The predicted molar refractivity (Wildman–Crippen MR) is 122 cm³/mol. The highest BCUT2D eigenvalue weighted by Gasteiger charge is 2.31. The van der Waals surface area contributed by atoms with Gasteiger partial charge in [-0.1, -0.05) is 13.8 Å². The number of aliphatic carboxylic acids is 2. The van der Waals surface area contributed by atoms with Crippen molar-refractivity contribution in [3.63, 3.8) is 0 Å². The Morgan fingerprint density at radius 2 is 1.42 bits per heavy atom. The first-order valence-electron chi connectivity index (χ1n) is 10.1. The van der Waals surface area contributed by atoms with Gasteiger partial charge >= 0.3 is 11.9 Å². The second kappa shape index (κ2) is 14.9. The number of carboxylic acid groups (broad SMARTS) is 2. The molecule has 0 aromatic heterocycles. The molecule has 0 spiro atoms. The van der Waals surface area contributed by atoms with Crippen LogP contribution < -0.4 is 33.2 Å². The van der Waals surface area contributed by atoms with E-state index in [1.807, 2.05) is 0 Å². The summed E-state index contributed by atoms with van der Waals surface area (Å²) in [5, 5.41) is 25.2. The highest BCUT2D eigenvalue weighted by Crippen LogP contribution is 2.03. The predicted octanol–water partition coefficient (Wildman–Crippen LogP) is -3.03. The molecule has 3 amide bonds. The number of amides is 3. The lowest BCUT2D eigenvalue weighted by molar-refractivity contribution is -0.143. The smallest absolute Gasteiger partial charge is 0.326 e. The molecule has 0 aromatic rings. The molecule has 0 rings (SSSR count). The Bertz CT molecular complexity index is 744. The van der Waals surface area contributed by atoms with E-state index in [0.29, 0.717) is 0 Å². The summed E-state index contributed by atoms with van der Waals surface area (Å²) >= 11 is 3.99. The van der Waals surface area contributed by atoms with E-state index in [4.69, 9.17) is 22.3 Å². The molecule has 0 aliphatic heterocycles. The Morgan fingerprint density at radius 1 is 0.909 bits per heavy atom. The van der Waals surface area contributed by atoms with Crippen molar-refractivity contribution in [2.45, 2.75) is 57.3 Å². The van der Waals surface area contributed by atoms with Crippen LogP contribution in [0.1, 0.15) is 33.1 Å². The molecule has 14 nitrogen and oxygen atoms in total. The maximum Gasteiger partial charge on any atom is 0.326 e. The largest absolute Gasteiger partial charge is 0.481 e. The van der Waals surface area contributed by atoms with Crippen LogP contribution in [0.15, 0.2) is 4.99 Å². The van der Waals surface area contributed by atoms with Crippen LogP contribution in [0.5, 0.6) is 0 Å². The quantitative estimate of drug-likeness (QED) is 0.0484. The number of hydrogen-bond acceptors (Lipinski definition) is 8. The topological polar surface area (TPSA) is 252 Å². The summed E-state index contributed by atoms with van der Waals surface area (Å²) in [4.78, 5) is 63.5. The first kappa shape index (κ1) is 29.9. The van der Waals surface area contributed by atoms with E-state index in [1.165, 1.54) is 0 Å². The molecule has 33 heavy (non-hydrogen) atoms. The molecule has 15 heteroatoms. The van der Waals surface area contributed by atoms with Crippen molar-refractivity contribution in [3.05, 3.63) is 0 Å². The van der Waals surface area contributed by atoms with Crippen LogP contribution in [-0.2, 0) is 24.0 Å². The van der Waals surface area contributed by atoms with Gasteiger partial charge < -0.3 is 43.4 Å². The zero-order chi connectivity index (χ0) is 25.7. The molecule has 0 fully saturated rings. The molecule has 0 heterocycles. The number of carbonyl (C=O) groups excluding carboxylic acids is 3. The number of thiol groups is 1. The molecule has 0 aliphatic rings. The molecule has 0 radical (unpaired) electrons. The standard InChI is InChI=1S/C18H33N7O7S/c1-8(2)13(19)16(30)24-10(6-12(26)27)14(28)25-11(7-33)15(29)23-9(17(31)32)4-3-5-22-18(20)21/h8-11,13,33H,3-7,19H2,1-2H3,(H,23,29)(H,24,30)(H,25,28)(H,26,27)(H,31,32)(H4,20,21,22). The van der Waals surface area contributed by atoms with Crippen LogP contribution >= 0.6 is 12.6 Å². The summed E-state index contributed by atoms with van der Waals surface area (Å²) in [5.41, 5.74) is 16.1. The lowest BCUT2D eigenvalue weighted by atomic mass is 10.0. The molecular weight excluding hydrogens is 458 g/mol. The molecule has 4 unspecified atom stereocenters. The van der Waals surface area contributed by atoms with Crippen molar-refractivity contribution in [1.29, 1.82) is 0 Å². The number of nitrogens with two attached hydrogens (primary N) is 3. The zero-order valence-corrected chi connectivity index (χ0v) is 19.4. The molecule has 4 atom stereocenters. The van der Waals surface area contributed by atoms with E-state index >= 15 is 0 Å². The summed E-state index contributed by atoms with van der Waals surface area (Å²) in [6.45, 7) is 3.51. The van der Waals surface area contributed by atoms with Gasteiger partial charge in [-0.15, -0.1) is 0 Å². The normalized spacial score (nSPS) is 14.3. The summed E-state index contributed by atoms with van der Waals surface area (Å²) in [5.74, 6) is -5.87. The number of nitrogens with one attached hydrogen (secondary N) is 3. The fraction of sp³-hybridized carbons (Fsp3) is 0.667. The van der Waals surface area contributed by atoms with E-state index < -0.39 is 60.2 Å². The molecule has 0 bridgehead atoms. The lowest BCUT2D eigenvalue weighted by Crippen LogP contribution is -2.58. The summed E-state index contributed by atoms with van der Waals surface area (Å²) in [6, 6.07) is -5.07. The van der Waals surface area contributed by atoms with Crippen LogP contribution in [0.3, 0.4) is 0 Å². The monoisotopic (exact) mass is 491 g/mol. The van der Waals surface area contributed by atoms with Crippen molar-refractivity contribution in [3.8, 4) is 0 Å². The van der Waals surface area contributed by atoms with Crippen LogP contribution in [0.25, 0.3) is 0 Å². The van der Waals surface area contributed by atoms with Crippen molar-refractivity contribution in [2.24, 2.45) is 28.1 Å². The Labute approximate surface area is 196 Å². The SMILES string of the molecule is CC(C)C(N)C(=O)NC(CC(=O)O)C(=O)NC(CS)C(=O)NC(CCCN=C(N)N)C(=O)O. The molecule has 188 valence electrons. The Balaban J connectivity index is 5.21. The summed E-state index contributed by atoms with van der Waals surface area (Å²) in [7, 11) is 0. The van der Waals surface area contributed by atoms with Gasteiger partial charge in [0.2, 0.25) is 17.7 Å². The van der Waals surface area contributed by atoms with Gasteiger partial charge in [-0.3, -0.25) is 24.2 Å². The van der Waals surface area contributed by atoms with Crippen LogP contribution in [0.2, 0.25) is 0 Å². The number of guanidine groups is 1. The summed E-state index contributed by atoms with van der Waals surface area (Å²) < 4.78 is 0. The van der Waals surface area contributed by atoms with Crippen LogP contribution in [-0.4, -0.2) is 82.3 Å². The van der Waals surface area contributed by atoms with Crippen molar-refractivity contribution in [2.75, 3.05) is 12.3 Å². The van der Waals surface area contributed by atoms with Crippen LogP contribution in [0.4, 0.5) is 0 Å². The van der Waals surface area contributed by atoms with Gasteiger partial charge in [-0.25, -0.2) is 4.79 Å². The third kappa shape index (κ3) is 11.9. The average Bonchev–Trinajstić information content (AvgIpc) is 2.71. The average molecular weight is 492 g/mol. The highest BCUT2D eigenvalue weighted by molar-refractivity contribution is 7.80. The first-order chi connectivity index (χ1) is 15.3. The maximum absolute atomic E-state index is 12.6. The van der Waals surface area contributed by atoms with Gasteiger partial charge in [0, 0.05) is 12.3 Å². The molecule has 0 aliphatic carbocycles. The molecule has 11 N–H and O–H groups in total. The second-order valence-electron chi connectivity index (χ2n) is 7.52. The Hall–Kier alpha value is -3.07. The number of carboxylic acids is 2. The fourth-order valence-corrected chi connectivity index (χ4v) is 2.71. The number of hydrogen-bond donors (Lipinski definition) is 9. The second-order valence-corrected chi connectivity index (χ2v) is 7.89. The zero-order valence-electron chi connectivity index (χ0n) is 18.5. The van der Waals surface area contributed by atoms with E-state index in [1.54, 1.807) is 13.8 Å². The van der Waals surface area contributed by atoms with Gasteiger partial charge in [0.15, 0.2) is 5.96 Å². The van der Waals surface area contributed by atoms with E-state index in [2.05, 4.69) is 33.6 Å². The van der Waals surface area contributed by atoms with E-state index in [0.717, 1.165) is 0 Å². The third-order valence-corrected chi connectivity index (χ3v) is 4.77. The molecular formula is C18H33N7O7S. The molecule has 0 saturated carbocycles. The molecule has 0 saturated heterocycles. The number of aliphatic imine (C=N–C) groups is 1. The first-order valence-corrected chi connectivity index (χ1v) is 10.7. The number of rotatable bonds is 15. The minimum absolute atomic E-state index is 0.00980. The van der Waals surface area contributed by atoms with Crippen molar-refractivity contribution in [1.82, 2.24) is 16.0 Å². The van der Waals surface area contributed by atoms with Gasteiger partial charge in [0.05, 0.1) is 12.5 Å². The Kier molecular flexibility index (Phi) is 13.5. The maximum atomic E-state index is 12.6. The fourth-order valence-electron chi connectivity index (χ4n) is 2.45. The van der Waals surface area contributed by atoms with Gasteiger partial charge in [-0.05, 0) is 18.8 Å². The lowest BCUT2D eigenvalue weighted by Gasteiger charge is -2.24. The number of carbonyl (C=O) groups is 5. The highest BCUT2D eigenvalue weighted by atomic mass is 32.1. The minimum atomic E-state index is -1.51. The van der Waals surface area contributed by atoms with Gasteiger partial charge in [0.25, 0.3) is 0 Å². The third-order valence-electron chi connectivity index (χ3n) is 4.41. The van der Waals surface area contributed by atoms with Crippen LogP contribution in [0, 0.1) is 5.92 Å². The molecule has 0 aromatic carbocycles. The van der Waals surface area contributed by atoms with Crippen molar-refractivity contribution >= 4 is 48.2 Å². The van der Waals surface area contributed by atoms with E-state index in [-0.39, 0.29) is 37.0 Å². The van der Waals surface area contributed by atoms with Crippen molar-refractivity contribution < 1.29 is 34.2 Å². The van der Waals surface area contributed by atoms with E-state index in [9.17, 15) is 29.1 Å². The number of nitrogens with zero attached hydrogens (tertiary/aromatic N) is 1. The summed E-state index contributed by atoms with van der Waals surface area (Å²) in [6.07, 6.45) is -0.489. The minimum Gasteiger partial charge on any atom is -0.481 e.